The highest BCUT2D eigenvalue weighted by atomic mass is 79.9. The second-order valence-electron chi connectivity index (χ2n) is 7.72. The molecule has 2 atom stereocenters. The summed E-state index contributed by atoms with van der Waals surface area (Å²) in [6.07, 6.45) is 0.901. The molecule has 0 radical (unpaired) electrons. The molecule has 0 aromatic heterocycles. The maximum Gasteiger partial charge on any atom is 0.254 e. The summed E-state index contributed by atoms with van der Waals surface area (Å²) in [7, 11) is 3.12. The minimum atomic E-state index is -0.0715. The van der Waals surface area contributed by atoms with Gasteiger partial charge in [-0.05, 0) is 42.2 Å². The van der Waals surface area contributed by atoms with Gasteiger partial charge in [-0.15, -0.1) is 0 Å². The number of benzene rings is 2. The van der Waals surface area contributed by atoms with Gasteiger partial charge in [-0.3, -0.25) is 9.59 Å². The molecule has 158 valence electrons. The number of hydrogen-bond donors (Lipinski definition) is 0. The first-order valence-corrected chi connectivity index (χ1v) is 10.9. The summed E-state index contributed by atoms with van der Waals surface area (Å²) in [5.41, 5.74) is 1.74. The van der Waals surface area contributed by atoms with Gasteiger partial charge in [0.25, 0.3) is 5.91 Å². The van der Waals surface area contributed by atoms with Gasteiger partial charge in [-0.1, -0.05) is 28.1 Å². The minimum Gasteiger partial charge on any atom is -0.497 e. The number of ether oxygens (including phenoxy) is 2. The third-order valence-corrected chi connectivity index (χ3v) is 6.35. The van der Waals surface area contributed by atoms with Gasteiger partial charge in [0.1, 0.15) is 11.5 Å². The molecule has 2 aromatic carbocycles. The Kier molecular flexibility index (Phi) is 5.99. The van der Waals surface area contributed by atoms with E-state index in [2.05, 4.69) is 28.1 Å². The van der Waals surface area contributed by atoms with Crippen LogP contribution < -0.4 is 9.47 Å². The van der Waals surface area contributed by atoms with Crippen LogP contribution in [0, 0.1) is 5.92 Å². The summed E-state index contributed by atoms with van der Waals surface area (Å²) >= 11 is 3.50. The van der Waals surface area contributed by atoms with Crippen LogP contribution in [0.1, 0.15) is 28.3 Å². The quantitative estimate of drug-likeness (QED) is 0.667. The van der Waals surface area contributed by atoms with Crippen LogP contribution in [0.2, 0.25) is 0 Å². The lowest BCUT2D eigenvalue weighted by molar-refractivity contribution is -0.134. The molecule has 0 N–H and O–H groups in total. The smallest absolute Gasteiger partial charge is 0.254 e. The van der Waals surface area contributed by atoms with Gasteiger partial charge in [-0.2, -0.15) is 0 Å². The second kappa shape index (κ2) is 8.68. The van der Waals surface area contributed by atoms with Crippen molar-refractivity contribution in [1.82, 2.24) is 9.80 Å². The first kappa shape index (κ1) is 20.7. The predicted octanol–water partition coefficient (Wildman–Crippen LogP) is 3.55. The lowest BCUT2D eigenvalue weighted by Gasteiger charge is -2.35. The highest BCUT2D eigenvalue weighted by molar-refractivity contribution is 9.10. The Morgan fingerprint density at radius 3 is 2.17 bits per heavy atom. The Hall–Kier alpha value is -2.54. The van der Waals surface area contributed by atoms with Crippen molar-refractivity contribution in [3.8, 4) is 11.5 Å². The van der Waals surface area contributed by atoms with Crippen LogP contribution in [-0.2, 0) is 4.79 Å². The maximum atomic E-state index is 12.9. The predicted molar refractivity (Wildman–Crippen MR) is 117 cm³/mol. The van der Waals surface area contributed by atoms with Crippen molar-refractivity contribution in [3.63, 3.8) is 0 Å². The molecule has 2 fully saturated rings. The molecule has 1 heterocycles. The number of halogens is 1. The van der Waals surface area contributed by atoms with Gasteiger partial charge in [-0.25, -0.2) is 0 Å². The summed E-state index contributed by atoms with van der Waals surface area (Å²) in [6.45, 7) is 2.18. The zero-order valence-electron chi connectivity index (χ0n) is 17.1. The standard InChI is InChI=1S/C23H25BrN2O4/c1-29-18-11-16(12-19(13-18)30-2)22(27)25-6-8-26(9-7-25)23(28)21-14-20(21)15-4-3-5-17(24)10-15/h3-5,10-13,20-21H,6-9,14H2,1-2H3. The average Bonchev–Trinajstić information content (AvgIpc) is 3.59. The molecular formula is C23H25BrN2O4. The van der Waals surface area contributed by atoms with E-state index in [0.29, 0.717) is 49.2 Å². The third kappa shape index (κ3) is 4.31. The molecule has 0 spiro atoms. The summed E-state index contributed by atoms with van der Waals surface area (Å²) in [6, 6.07) is 13.4. The number of methoxy groups -OCH3 is 2. The lowest BCUT2D eigenvalue weighted by atomic mass is 10.1. The molecule has 2 amide bonds. The second-order valence-corrected chi connectivity index (χ2v) is 8.64. The number of hydrogen-bond acceptors (Lipinski definition) is 4. The number of carbonyl (C=O) groups excluding carboxylic acids is 2. The van der Waals surface area contributed by atoms with Crippen molar-refractivity contribution in [2.24, 2.45) is 5.92 Å². The van der Waals surface area contributed by atoms with Gasteiger partial charge in [0, 0.05) is 48.2 Å². The fraction of sp³-hybridized carbons (Fsp3) is 0.391. The van der Waals surface area contributed by atoms with Crippen LogP contribution in [0.5, 0.6) is 11.5 Å². The number of nitrogens with zero attached hydrogens (tertiary/aromatic N) is 2. The van der Waals surface area contributed by atoms with E-state index in [9.17, 15) is 9.59 Å². The number of amides is 2. The zero-order chi connectivity index (χ0) is 21.3. The van der Waals surface area contributed by atoms with E-state index < -0.39 is 0 Å². The van der Waals surface area contributed by atoms with Crippen LogP contribution >= 0.6 is 15.9 Å². The highest BCUT2D eigenvalue weighted by Gasteiger charge is 2.46. The van der Waals surface area contributed by atoms with Crippen LogP contribution in [0.15, 0.2) is 46.9 Å². The Balaban J connectivity index is 1.35. The molecule has 2 aliphatic rings. The molecule has 2 unspecified atom stereocenters. The Bertz CT molecular complexity index is 934. The summed E-state index contributed by atoms with van der Waals surface area (Å²) < 4.78 is 11.6. The van der Waals surface area contributed by atoms with Crippen molar-refractivity contribution in [2.45, 2.75) is 12.3 Å². The molecule has 1 aliphatic heterocycles. The van der Waals surface area contributed by atoms with E-state index in [-0.39, 0.29) is 17.7 Å². The van der Waals surface area contributed by atoms with Crippen LogP contribution in [0.4, 0.5) is 0 Å². The SMILES string of the molecule is COc1cc(OC)cc(C(=O)N2CCN(C(=O)C3CC3c3cccc(Br)c3)CC2)c1. The molecule has 0 bridgehead atoms. The van der Waals surface area contributed by atoms with Crippen LogP contribution in [0.25, 0.3) is 0 Å². The molecule has 2 aromatic rings. The van der Waals surface area contributed by atoms with Crippen LogP contribution in [0.3, 0.4) is 0 Å². The topological polar surface area (TPSA) is 59.1 Å². The van der Waals surface area contributed by atoms with Gasteiger partial charge >= 0.3 is 0 Å². The van der Waals surface area contributed by atoms with Gasteiger partial charge in [0.2, 0.25) is 5.91 Å². The van der Waals surface area contributed by atoms with E-state index in [0.717, 1.165) is 10.9 Å². The third-order valence-electron chi connectivity index (χ3n) is 5.86. The first-order valence-electron chi connectivity index (χ1n) is 10.1. The normalized spacial score (nSPS) is 20.6. The molecule has 1 aliphatic carbocycles. The average molecular weight is 473 g/mol. The van der Waals surface area contributed by atoms with Crippen molar-refractivity contribution in [3.05, 3.63) is 58.1 Å². The fourth-order valence-electron chi connectivity index (χ4n) is 4.05. The zero-order valence-corrected chi connectivity index (χ0v) is 18.7. The molecule has 6 nitrogen and oxygen atoms in total. The van der Waals surface area contributed by atoms with E-state index in [4.69, 9.17) is 9.47 Å². The summed E-state index contributed by atoms with van der Waals surface area (Å²) in [5, 5.41) is 0. The molecule has 1 saturated heterocycles. The Labute approximate surface area is 184 Å². The Morgan fingerprint density at radius 2 is 1.57 bits per heavy atom. The minimum absolute atomic E-state index is 0.0594. The molecule has 4 rings (SSSR count). The van der Waals surface area contributed by atoms with E-state index in [1.165, 1.54) is 5.56 Å². The molecule has 1 saturated carbocycles. The van der Waals surface area contributed by atoms with Gasteiger partial charge in [0.15, 0.2) is 0 Å². The van der Waals surface area contributed by atoms with E-state index >= 15 is 0 Å². The molecular weight excluding hydrogens is 448 g/mol. The van der Waals surface area contributed by atoms with Crippen molar-refractivity contribution >= 4 is 27.7 Å². The summed E-state index contributed by atoms with van der Waals surface area (Å²) in [5.74, 6) is 1.66. The first-order chi connectivity index (χ1) is 14.5. The molecule has 30 heavy (non-hydrogen) atoms. The number of carbonyl (C=O) groups is 2. The highest BCUT2D eigenvalue weighted by Crippen LogP contribution is 2.49. The summed E-state index contributed by atoms with van der Waals surface area (Å²) in [4.78, 5) is 29.5. The van der Waals surface area contributed by atoms with Crippen molar-refractivity contribution < 1.29 is 19.1 Å². The van der Waals surface area contributed by atoms with Gasteiger partial charge in [0.05, 0.1) is 14.2 Å². The van der Waals surface area contributed by atoms with E-state index in [1.54, 1.807) is 37.3 Å². The molecule has 7 heteroatoms. The Morgan fingerprint density at radius 1 is 0.933 bits per heavy atom. The number of piperazine rings is 1. The number of rotatable bonds is 5. The van der Waals surface area contributed by atoms with E-state index in [1.807, 2.05) is 17.0 Å². The fourth-order valence-corrected chi connectivity index (χ4v) is 4.47. The monoisotopic (exact) mass is 472 g/mol. The largest absolute Gasteiger partial charge is 0.497 e. The van der Waals surface area contributed by atoms with Crippen LogP contribution in [-0.4, -0.2) is 62.0 Å². The van der Waals surface area contributed by atoms with Crippen molar-refractivity contribution in [2.75, 3.05) is 40.4 Å². The van der Waals surface area contributed by atoms with Crippen molar-refractivity contribution in [1.29, 1.82) is 0 Å². The lowest BCUT2D eigenvalue weighted by Crippen LogP contribution is -2.51. The maximum absolute atomic E-state index is 12.9. The van der Waals surface area contributed by atoms with Gasteiger partial charge < -0.3 is 19.3 Å².